The van der Waals surface area contributed by atoms with Gasteiger partial charge >= 0.3 is 0 Å². The molecule has 18 rings (SSSR count). The summed E-state index contributed by atoms with van der Waals surface area (Å²) in [4.78, 5) is 0. The molecule has 0 spiro atoms. The number of benzene rings is 14. The Morgan fingerprint density at radius 2 is 0.540 bits per heavy atom. The van der Waals surface area contributed by atoms with E-state index in [1.807, 2.05) is 0 Å². The Kier molecular flexibility index (Phi) is 10.9. The highest BCUT2D eigenvalue weighted by atomic mass is 15.0. The van der Waals surface area contributed by atoms with Crippen molar-refractivity contribution in [2.24, 2.45) is 0 Å². The smallest absolute Gasteiger partial charge is 0.0719 e. The summed E-state index contributed by atoms with van der Waals surface area (Å²) in [6.45, 7) is 0. The van der Waals surface area contributed by atoms with Gasteiger partial charge in [0.25, 0.3) is 0 Å². The van der Waals surface area contributed by atoms with Crippen LogP contribution < -0.4 is 0 Å². The average Bonchev–Trinajstić information content (AvgIpc) is 1.64. The van der Waals surface area contributed by atoms with Gasteiger partial charge in [-0.25, -0.2) is 0 Å². The number of aromatic nitrogens is 2. The summed E-state index contributed by atoms with van der Waals surface area (Å²) in [7, 11) is 0. The van der Waals surface area contributed by atoms with Crippen LogP contribution in [0.3, 0.4) is 0 Å². The molecule has 0 saturated carbocycles. The standard InChI is InChI=1S/C85H54N2/c1-2-14-55(15-3-1)59-36-43-69(44-37-59)86-81-26-10-6-22-74(81)76-52-64(41-48-83(76)86)65-42-49-84-77(53-65)75-23-7-11-27-82(75)87(84)70-45-38-60(39-46-70)58-30-28-56(29-31-58)57-32-34-61(35-33-57)63-17-13-19-68(51-63)85-78-24-8-4-20-71(78)67-18-12-16-62(50-67)66-40-47-73(80(85)54-66)72-21-5-9-25-79(72)85/h1-54H. The highest BCUT2D eigenvalue weighted by molar-refractivity contribution is 6.13. The number of hydrogen-bond donors (Lipinski definition) is 0. The molecular weight excluding hydrogens is 1050 g/mol. The minimum absolute atomic E-state index is 0.513. The molecule has 404 valence electrons. The molecule has 4 bridgehead atoms. The molecule has 16 aromatic rings. The van der Waals surface area contributed by atoms with E-state index >= 15 is 0 Å². The molecule has 2 aliphatic carbocycles. The molecule has 1 unspecified atom stereocenters. The van der Waals surface area contributed by atoms with Crippen LogP contribution >= 0.6 is 0 Å². The molecule has 0 amide bonds. The van der Waals surface area contributed by atoms with Crippen LogP contribution in [0.5, 0.6) is 0 Å². The summed E-state index contributed by atoms with van der Waals surface area (Å²) < 4.78 is 4.82. The minimum Gasteiger partial charge on any atom is -0.309 e. The molecule has 0 N–H and O–H groups in total. The molecule has 14 aromatic carbocycles. The molecule has 2 heteroatoms. The normalized spacial score (nSPS) is 13.8. The zero-order chi connectivity index (χ0) is 57.2. The zero-order valence-corrected chi connectivity index (χ0v) is 47.6. The number of hydrogen-bond acceptors (Lipinski definition) is 0. The van der Waals surface area contributed by atoms with E-state index in [0.717, 1.165) is 11.4 Å². The van der Waals surface area contributed by atoms with Crippen molar-refractivity contribution in [3.8, 4) is 100 Å². The van der Waals surface area contributed by atoms with Crippen molar-refractivity contribution < 1.29 is 0 Å². The van der Waals surface area contributed by atoms with Gasteiger partial charge in [0.15, 0.2) is 0 Å². The fraction of sp³-hybridized carbons (Fsp3) is 0.0118. The zero-order valence-electron chi connectivity index (χ0n) is 47.6. The fourth-order valence-corrected chi connectivity index (χ4v) is 14.9. The SMILES string of the molecule is c1ccc(-c2ccc(-n3c4ccccc4c4cc(-c5ccc6c(c5)c5ccccc5n6-c5ccc(-c6ccc(-c7ccc(-c8cccc(C9%10c%11ccccc%11-c%11cccc(c%11)-c%11ccc(c9c%11)-c9ccccc9%10)c8)cc7)cc6)cc5)ccc43)cc2)cc1. The summed E-state index contributed by atoms with van der Waals surface area (Å²) in [6, 6.07) is 122. The van der Waals surface area contributed by atoms with Crippen LogP contribution in [-0.2, 0) is 5.41 Å². The maximum atomic E-state index is 2.47. The van der Waals surface area contributed by atoms with E-state index in [9.17, 15) is 0 Å². The van der Waals surface area contributed by atoms with Crippen LogP contribution in [0.2, 0.25) is 0 Å². The van der Waals surface area contributed by atoms with E-state index in [-0.39, 0.29) is 0 Å². The Bertz CT molecular complexity index is 5410. The lowest BCUT2D eigenvalue weighted by atomic mass is 9.65. The lowest BCUT2D eigenvalue weighted by Gasteiger charge is -2.35. The van der Waals surface area contributed by atoms with Crippen LogP contribution in [0, 0.1) is 0 Å². The first-order valence-electron chi connectivity index (χ1n) is 30.2. The summed E-state index contributed by atoms with van der Waals surface area (Å²) in [6.07, 6.45) is 0. The second-order valence-corrected chi connectivity index (χ2v) is 23.5. The van der Waals surface area contributed by atoms with Crippen molar-refractivity contribution in [2.75, 3.05) is 0 Å². The van der Waals surface area contributed by atoms with E-state index in [1.165, 1.54) is 155 Å². The third-order valence-corrected chi connectivity index (χ3v) is 19.0. The Labute approximate surface area is 505 Å². The Morgan fingerprint density at radius 1 is 0.184 bits per heavy atom. The van der Waals surface area contributed by atoms with Gasteiger partial charge in [0.2, 0.25) is 0 Å². The van der Waals surface area contributed by atoms with Gasteiger partial charge < -0.3 is 9.13 Å². The van der Waals surface area contributed by atoms with Crippen molar-refractivity contribution >= 4 is 43.6 Å². The third-order valence-electron chi connectivity index (χ3n) is 19.0. The van der Waals surface area contributed by atoms with E-state index in [2.05, 4.69) is 337 Å². The topological polar surface area (TPSA) is 9.86 Å². The van der Waals surface area contributed by atoms with E-state index < -0.39 is 5.41 Å². The molecule has 2 aliphatic rings. The molecule has 0 radical (unpaired) electrons. The third kappa shape index (κ3) is 7.61. The van der Waals surface area contributed by atoms with Crippen LogP contribution in [0.25, 0.3) is 144 Å². The van der Waals surface area contributed by atoms with Crippen LogP contribution in [-0.4, -0.2) is 9.13 Å². The number of fused-ring (bicyclic) bond motifs is 16. The monoisotopic (exact) mass is 1100 g/mol. The fourth-order valence-electron chi connectivity index (χ4n) is 14.9. The first-order valence-corrected chi connectivity index (χ1v) is 30.2. The molecule has 0 fully saturated rings. The highest BCUT2D eigenvalue weighted by Crippen LogP contribution is 2.59. The minimum atomic E-state index is -0.513. The molecule has 0 saturated heterocycles. The summed E-state index contributed by atoms with van der Waals surface area (Å²) in [5, 5.41) is 4.97. The quantitative estimate of drug-likeness (QED) is 0.144. The first-order chi connectivity index (χ1) is 43.1. The van der Waals surface area contributed by atoms with E-state index in [0.29, 0.717) is 0 Å². The van der Waals surface area contributed by atoms with Crippen molar-refractivity contribution in [2.45, 2.75) is 5.41 Å². The largest absolute Gasteiger partial charge is 0.309 e. The Hall–Kier alpha value is -11.3. The first kappa shape index (κ1) is 49.1. The molecule has 2 heterocycles. The van der Waals surface area contributed by atoms with Crippen LogP contribution in [0.1, 0.15) is 22.3 Å². The van der Waals surface area contributed by atoms with Crippen molar-refractivity contribution in [3.05, 3.63) is 350 Å². The molecule has 2 nitrogen and oxygen atoms in total. The molecule has 1 atom stereocenters. The number of nitrogens with zero attached hydrogens (tertiary/aromatic N) is 2. The second kappa shape index (κ2) is 19.4. The predicted molar refractivity (Wildman–Crippen MR) is 364 cm³/mol. The van der Waals surface area contributed by atoms with Crippen LogP contribution in [0.15, 0.2) is 328 Å². The van der Waals surface area contributed by atoms with Crippen molar-refractivity contribution in [1.29, 1.82) is 0 Å². The van der Waals surface area contributed by atoms with Gasteiger partial charge in [0.05, 0.1) is 27.5 Å². The van der Waals surface area contributed by atoms with E-state index in [4.69, 9.17) is 0 Å². The van der Waals surface area contributed by atoms with Crippen LogP contribution in [0.4, 0.5) is 0 Å². The number of para-hydroxylation sites is 2. The Morgan fingerprint density at radius 3 is 1.11 bits per heavy atom. The Balaban J connectivity index is 0.631. The van der Waals surface area contributed by atoms with Crippen molar-refractivity contribution in [1.82, 2.24) is 9.13 Å². The van der Waals surface area contributed by atoms with Gasteiger partial charge in [0, 0.05) is 32.9 Å². The van der Waals surface area contributed by atoms with Gasteiger partial charge in [-0.15, -0.1) is 0 Å². The summed E-state index contributed by atoms with van der Waals surface area (Å²) in [5.41, 5.74) is 31.4. The average molecular weight is 1100 g/mol. The van der Waals surface area contributed by atoms with Crippen molar-refractivity contribution in [3.63, 3.8) is 0 Å². The van der Waals surface area contributed by atoms with Gasteiger partial charge in [-0.3, -0.25) is 0 Å². The van der Waals surface area contributed by atoms with Gasteiger partial charge in [-0.2, -0.15) is 0 Å². The molecule has 0 aliphatic heterocycles. The lowest BCUT2D eigenvalue weighted by Crippen LogP contribution is -2.29. The number of rotatable bonds is 8. The van der Waals surface area contributed by atoms with Gasteiger partial charge in [0.1, 0.15) is 0 Å². The second-order valence-electron chi connectivity index (χ2n) is 23.5. The molecular formula is C85H54N2. The lowest BCUT2D eigenvalue weighted by molar-refractivity contribution is 0.771. The van der Waals surface area contributed by atoms with Gasteiger partial charge in [-0.1, -0.05) is 249 Å². The van der Waals surface area contributed by atoms with Gasteiger partial charge in [-0.05, 0) is 190 Å². The molecule has 2 aromatic heterocycles. The summed E-state index contributed by atoms with van der Waals surface area (Å²) in [5.74, 6) is 0. The highest BCUT2D eigenvalue weighted by Gasteiger charge is 2.48. The van der Waals surface area contributed by atoms with E-state index in [1.54, 1.807) is 0 Å². The maximum Gasteiger partial charge on any atom is 0.0719 e. The molecule has 87 heavy (non-hydrogen) atoms. The summed E-state index contributed by atoms with van der Waals surface area (Å²) >= 11 is 0. The maximum absolute atomic E-state index is 2.47. The predicted octanol–water partition coefficient (Wildman–Crippen LogP) is 22.2.